The molecule has 78 valence electrons. The van der Waals surface area contributed by atoms with Gasteiger partial charge in [-0.1, -0.05) is 6.92 Å². The molecular formula is C9H9F3OS. The average molecular weight is 222 g/mol. The summed E-state index contributed by atoms with van der Waals surface area (Å²) in [5.41, 5.74) is -0.714. The van der Waals surface area contributed by atoms with E-state index in [2.05, 4.69) is 0 Å². The lowest BCUT2D eigenvalue weighted by Crippen LogP contribution is -2.05. The molecule has 1 atom stereocenters. The molecule has 0 N–H and O–H groups in total. The van der Waals surface area contributed by atoms with Crippen LogP contribution in [0.15, 0.2) is 29.2 Å². The standard InChI is InChI=1S/C9H9F3OS/c1-2-14(13)8-5-3-7(4-6-8)9(10,11)12/h3-6H,2H2,1H3. The van der Waals surface area contributed by atoms with E-state index in [9.17, 15) is 17.4 Å². The van der Waals surface area contributed by atoms with Gasteiger partial charge in [0.2, 0.25) is 0 Å². The van der Waals surface area contributed by atoms with Crippen LogP contribution in [0.5, 0.6) is 0 Å². The van der Waals surface area contributed by atoms with E-state index in [0.717, 1.165) is 12.1 Å². The van der Waals surface area contributed by atoms with Crippen LogP contribution in [0.4, 0.5) is 13.2 Å². The van der Waals surface area contributed by atoms with Crippen LogP contribution in [-0.4, -0.2) is 9.96 Å². The molecule has 0 radical (unpaired) electrons. The molecule has 0 aliphatic heterocycles. The van der Waals surface area contributed by atoms with Crippen molar-refractivity contribution in [3.63, 3.8) is 0 Å². The molecule has 1 aromatic carbocycles. The Bertz CT molecular complexity index is 329. The first kappa shape index (κ1) is 11.2. The van der Waals surface area contributed by atoms with Crippen LogP contribution in [0.3, 0.4) is 0 Å². The smallest absolute Gasteiger partial charge is 0.254 e. The molecule has 1 aromatic rings. The van der Waals surface area contributed by atoms with E-state index in [1.54, 1.807) is 6.92 Å². The molecule has 0 saturated carbocycles. The van der Waals surface area contributed by atoms with E-state index in [0.29, 0.717) is 10.6 Å². The molecule has 5 heteroatoms. The van der Waals surface area contributed by atoms with Crippen molar-refractivity contribution in [3.05, 3.63) is 29.8 Å². The van der Waals surface area contributed by atoms with Crippen molar-refractivity contribution >= 4 is 10.8 Å². The Morgan fingerprint density at radius 2 is 1.71 bits per heavy atom. The second kappa shape index (κ2) is 4.13. The molecule has 1 nitrogen and oxygen atoms in total. The Balaban J connectivity index is 2.95. The van der Waals surface area contributed by atoms with Gasteiger partial charge in [0.25, 0.3) is 0 Å². The predicted octanol–water partition coefficient (Wildman–Crippen LogP) is 2.83. The van der Waals surface area contributed by atoms with E-state index >= 15 is 0 Å². The molecule has 0 fully saturated rings. The molecular weight excluding hydrogens is 213 g/mol. The van der Waals surface area contributed by atoms with Gasteiger partial charge in [0, 0.05) is 10.6 Å². The zero-order valence-corrected chi connectivity index (χ0v) is 8.28. The average Bonchev–Trinajstić information content (AvgIpc) is 2.15. The second-order valence-electron chi connectivity index (χ2n) is 2.66. The lowest BCUT2D eigenvalue weighted by atomic mass is 10.2. The van der Waals surface area contributed by atoms with E-state index in [-0.39, 0.29) is 0 Å². The third kappa shape index (κ3) is 2.57. The quantitative estimate of drug-likeness (QED) is 0.752. The zero-order valence-electron chi connectivity index (χ0n) is 7.47. The minimum absolute atomic E-state index is 0.408. The maximum Gasteiger partial charge on any atom is 0.416 e. The fraction of sp³-hybridized carbons (Fsp3) is 0.333. The lowest BCUT2D eigenvalue weighted by molar-refractivity contribution is -0.137. The van der Waals surface area contributed by atoms with E-state index in [1.807, 2.05) is 0 Å². The molecule has 1 unspecified atom stereocenters. The highest BCUT2D eigenvalue weighted by molar-refractivity contribution is 7.85. The summed E-state index contributed by atoms with van der Waals surface area (Å²) in [5, 5.41) is 0. The van der Waals surface area contributed by atoms with Gasteiger partial charge in [-0.05, 0) is 24.3 Å². The number of hydrogen-bond donors (Lipinski definition) is 0. The van der Waals surface area contributed by atoms with Gasteiger partial charge in [0.05, 0.1) is 16.4 Å². The van der Waals surface area contributed by atoms with Crippen molar-refractivity contribution in [1.82, 2.24) is 0 Å². The molecule has 0 amide bonds. The predicted molar refractivity (Wildman–Crippen MR) is 48.4 cm³/mol. The van der Waals surface area contributed by atoms with E-state index in [1.165, 1.54) is 12.1 Å². The zero-order chi connectivity index (χ0) is 10.8. The van der Waals surface area contributed by atoms with Crippen molar-refractivity contribution in [2.75, 3.05) is 5.75 Å². The minimum atomic E-state index is -4.33. The number of hydrogen-bond acceptors (Lipinski definition) is 1. The Hall–Kier alpha value is -0.840. The molecule has 0 aliphatic carbocycles. The van der Waals surface area contributed by atoms with Gasteiger partial charge >= 0.3 is 6.18 Å². The number of rotatable bonds is 2. The van der Waals surface area contributed by atoms with Crippen LogP contribution in [-0.2, 0) is 17.0 Å². The Kier molecular flexibility index (Phi) is 3.31. The van der Waals surface area contributed by atoms with Gasteiger partial charge < -0.3 is 0 Å². The van der Waals surface area contributed by atoms with Gasteiger partial charge in [0.15, 0.2) is 0 Å². The molecule has 14 heavy (non-hydrogen) atoms. The maximum atomic E-state index is 12.1. The fourth-order valence-corrected chi connectivity index (χ4v) is 1.74. The Morgan fingerprint density at radius 1 is 1.21 bits per heavy atom. The van der Waals surface area contributed by atoms with Crippen LogP contribution in [0.1, 0.15) is 12.5 Å². The fourth-order valence-electron chi connectivity index (χ4n) is 0.962. The van der Waals surface area contributed by atoms with Gasteiger partial charge in [-0.15, -0.1) is 0 Å². The van der Waals surface area contributed by atoms with Gasteiger partial charge in [-0.2, -0.15) is 13.2 Å². The van der Waals surface area contributed by atoms with E-state index < -0.39 is 22.5 Å². The highest BCUT2D eigenvalue weighted by Crippen LogP contribution is 2.29. The first-order valence-corrected chi connectivity index (χ1v) is 5.32. The summed E-state index contributed by atoms with van der Waals surface area (Å²) in [7, 11) is -1.19. The number of benzene rings is 1. The van der Waals surface area contributed by atoms with Crippen molar-refractivity contribution < 1.29 is 17.4 Å². The third-order valence-electron chi connectivity index (χ3n) is 1.71. The summed E-state index contributed by atoms with van der Waals surface area (Å²) >= 11 is 0. The van der Waals surface area contributed by atoms with Crippen LogP contribution >= 0.6 is 0 Å². The van der Waals surface area contributed by atoms with Gasteiger partial charge in [-0.3, -0.25) is 4.21 Å². The van der Waals surface area contributed by atoms with Crippen LogP contribution in [0.2, 0.25) is 0 Å². The van der Waals surface area contributed by atoms with Crippen LogP contribution in [0, 0.1) is 0 Å². The Labute approximate surface area is 82.4 Å². The first-order chi connectivity index (χ1) is 6.45. The molecule has 0 heterocycles. The van der Waals surface area contributed by atoms with Crippen LogP contribution in [0.25, 0.3) is 0 Å². The molecule has 0 spiro atoms. The minimum Gasteiger partial charge on any atom is -0.254 e. The van der Waals surface area contributed by atoms with Gasteiger partial charge in [0.1, 0.15) is 0 Å². The molecule has 0 bridgehead atoms. The largest absolute Gasteiger partial charge is 0.416 e. The van der Waals surface area contributed by atoms with Crippen molar-refractivity contribution in [2.24, 2.45) is 0 Å². The summed E-state index contributed by atoms with van der Waals surface area (Å²) in [6.45, 7) is 1.72. The van der Waals surface area contributed by atoms with Crippen LogP contribution < -0.4 is 0 Å². The molecule has 0 aromatic heterocycles. The highest BCUT2D eigenvalue weighted by atomic mass is 32.2. The SMILES string of the molecule is CCS(=O)c1ccc(C(F)(F)F)cc1. The molecule has 0 saturated heterocycles. The second-order valence-corrected chi connectivity index (χ2v) is 4.40. The Morgan fingerprint density at radius 3 is 2.07 bits per heavy atom. The number of alkyl halides is 3. The van der Waals surface area contributed by atoms with E-state index in [4.69, 9.17) is 0 Å². The number of halogens is 3. The summed E-state index contributed by atoms with van der Waals surface area (Å²) < 4.78 is 47.6. The van der Waals surface area contributed by atoms with Crippen molar-refractivity contribution in [1.29, 1.82) is 0 Å². The summed E-state index contributed by atoms with van der Waals surface area (Å²) in [5.74, 6) is 0.408. The summed E-state index contributed by atoms with van der Waals surface area (Å²) in [4.78, 5) is 0.431. The van der Waals surface area contributed by atoms with Crippen molar-refractivity contribution in [3.8, 4) is 0 Å². The lowest BCUT2D eigenvalue weighted by Gasteiger charge is -2.06. The van der Waals surface area contributed by atoms with Crippen molar-refractivity contribution in [2.45, 2.75) is 18.0 Å². The highest BCUT2D eigenvalue weighted by Gasteiger charge is 2.30. The molecule has 1 rings (SSSR count). The maximum absolute atomic E-state index is 12.1. The first-order valence-electron chi connectivity index (χ1n) is 4.00. The third-order valence-corrected chi connectivity index (χ3v) is 3.03. The molecule has 0 aliphatic rings. The summed E-state index contributed by atoms with van der Waals surface area (Å²) in [6, 6.07) is 4.40. The van der Waals surface area contributed by atoms with Gasteiger partial charge in [-0.25, -0.2) is 0 Å². The topological polar surface area (TPSA) is 17.1 Å². The normalized spacial score (nSPS) is 14.0. The summed E-state index contributed by atoms with van der Waals surface area (Å²) in [6.07, 6.45) is -4.33. The monoisotopic (exact) mass is 222 g/mol.